The lowest BCUT2D eigenvalue weighted by molar-refractivity contribution is -0.147. The summed E-state index contributed by atoms with van der Waals surface area (Å²) in [6.07, 6.45) is 1.56. The fourth-order valence-electron chi connectivity index (χ4n) is 4.72. The minimum Gasteiger partial charge on any atom is -0.507 e. The van der Waals surface area contributed by atoms with Gasteiger partial charge in [0.25, 0.3) is 0 Å². The maximum absolute atomic E-state index is 12.2. The molecule has 7 nitrogen and oxygen atoms in total. The summed E-state index contributed by atoms with van der Waals surface area (Å²) in [5.74, 6) is 1.00. The number of carbonyl (C=O) groups is 1. The van der Waals surface area contributed by atoms with Gasteiger partial charge in [-0.1, -0.05) is 29.8 Å². The summed E-state index contributed by atoms with van der Waals surface area (Å²) in [7, 11) is 0. The molecule has 2 aromatic rings. The summed E-state index contributed by atoms with van der Waals surface area (Å²) in [4.78, 5) is 13.9. The lowest BCUT2D eigenvalue weighted by atomic mass is 9.90. The molecule has 0 unspecified atom stereocenters. The number of phenolic OH excluding ortho intramolecular Hbond substituents is 1. The Morgan fingerprint density at radius 2 is 2.06 bits per heavy atom. The molecule has 3 aliphatic rings. The quantitative estimate of drug-likeness (QED) is 0.740. The topological polar surface area (TPSA) is 74.6 Å². The zero-order valence-electron chi connectivity index (χ0n) is 17.3. The third-order valence-corrected chi connectivity index (χ3v) is 6.48. The number of benzene rings is 2. The van der Waals surface area contributed by atoms with Crippen LogP contribution in [-0.2, 0) is 4.74 Å². The Morgan fingerprint density at radius 1 is 1.29 bits per heavy atom. The van der Waals surface area contributed by atoms with Gasteiger partial charge in [0.15, 0.2) is 0 Å². The molecule has 8 heteroatoms. The lowest BCUT2D eigenvalue weighted by Gasteiger charge is -2.50. The number of hydrogen-bond donors (Lipinski definition) is 1. The second-order valence-electron chi connectivity index (χ2n) is 8.04. The van der Waals surface area contributed by atoms with E-state index in [0.717, 1.165) is 17.0 Å². The molecule has 31 heavy (non-hydrogen) atoms. The number of nitrogens with zero attached hydrogens (tertiary/aromatic N) is 3. The number of ether oxygens (including phenoxy) is 2. The molecule has 3 heterocycles. The van der Waals surface area contributed by atoms with Gasteiger partial charge in [-0.25, -0.2) is 9.80 Å². The van der Waals surface area contributed by atoms with Gasteiger partial charge in [0.1, 0.15) is 11.5 Å². The van der Waals surface area contributed by atoms with Crippen molar-refractivity contribution in [2.75, 3.05) is 19.7 Å². The van der Waals surface area contributed by atoms with Crippen LogP contribution in [0, 0.1) is 0 Å². The molecule has 1 fully saturated rings. The van der Waals surface area contributed by atoms with E-state index < -0.39 is 5.72 Å². The zero-order chi connectivity index (χ0) is 21.6. The standard InChI is InChI=1S/C23H24ClN3O4/c1-2-30-22(29)26-11-9-23(10-12-26)27-19(16-5-3-4-6-21(16)31-23)14-18(25-27)17-13-15(24)7-8-20(17)28/h3-8,13,19,28H,2,9-12,14H2,1H3/t19-/m0/s1. The first-order chi connectivity index (χ1) is 15.0. The van der Waals surface area contributed by atoms with Gasteiger partial charge in [0, 0.05) is 48.5 Å². The number of phenols is 1. The summed E-state index contributed by atoms with van der Waals surface area (Å²) >= 11 is 6.19. The van der Waals surface area contributed by atoms with E-state index in [1.54, 1.807) is 30.0 Å². The SMILES string of the molecule is CCOC(=O)N1CCC2(CC1)Oc1ccccc1[C@@H]1CC(c3cc(Cl)ccc3O)=NN12. The van der Waals surface area contributed by atoms with Gasteiger partial charge >= 0.3 is 6.09 Å². The predicted molar refractivity (Wildman–Crippen MR) is 116 cm³/mol. The molecule has 1 atom stereocenters. The third kappa shape index (κ3) is 3.37. The largest absolute Gasteiger partial charge is 0.507 e. The van der Waals surface area contributed by atoms with E-state index in [-0.39, 0.29) is 17.9 Å². The molecule has 1 spiro atoms. The van der Waals surface area contributed by atoms with Crippen molar-refractivity contribution >= 4 is 23.4 Å². The van der Waals surface area contributed by atoms with Gasteiger partial charge in [-0.05, 0) is 31.2 Å². The zero-order valence-corrected chi connectivity index (χ0v) is 18.0. The van der Waals surface area contributed by atoms with Crippen LogP contribution in [0.1, 0.15) is 43.4 Å². The van der Waals surface area contributed by atoms with Crippen LogP contribution < -0.4 is 4.74 Å². The highest BCUT2D eigenvalue weighted by Gasteiger charge is 2.52. The van der Waals surface area contributed by atoms with Crippen LogP contribution in [0.4, 0.5) is 4.79 Å². The van der Waals surface area contributed by atoms with Crippen molar-refractivity contribution < 1.29 is 19.4 Å². The van der Waals surface area contributed by atoms with Crippen molar-refractivity contribution in [1.82, 2.24) is 9.91 Å². The van der Waals surface area contributed by atoms with Crippen LogP contribution in [0.25, 0.3) is 0 Å². The van der Waals surface area contributed by atoms with Gasteiger partial charge in [-0.3, -0.25) is 0 Å². The second kappa shape index (κ2) is 7.64. The molecule has 2 aromatic carbocycles. The maximum Gasteiger partial charge on any atom is 0.409 e. The van der Waals surface area contributed by atoms with Crippen LogP contribution in [0.3, 0.4) is 0 Å². The van der Waals surface area contributed by atoms with E-state index in [4.69, 9.17) is 26.2 Å². The number of carbonyl (C=O) groups excluding carboxylic acids is 1. The number of aromatic hydroxyl groups is 1. The first kappa shape index (κ1) is 20.0. The summed E-state index contributed by atoms with van der Waals surface area (Å²) in [5, 5.41) is 17.9. The monoisotopic (exact) mass is 441 g/mol. The normalized spacial score (nSPS) is 21.2. The number of amides is 1. The maximum atomic E-state index is 12.2. The van der Waals surface area contributed by atoms with E-state index in [2.05, 4.69) is 6.07 Å². The van der Waals surface area contributed by atoms with E-state index in [9.17, 15) is 9.90 Å². The first-order valence-electron chi connectivity index (χ1n) is 10.6. The summed E-state index contributed by atoms with van der Waals surface area (Å²) in [6.45, 7) is 3.21. The minimum absolute atomic E-state index is 0.00697. The molecule has 1 amide bonds. The van der Waals surface area contributed by atoms with Crippen molar-refractivity contribution in [2.24, 2.45) is 5.10 Å². The molecule has 0 bridgehead atoms. The van der Waals surface area contributed by atoms with E-state index in [1.807, 2.05) is 23.2 Å². The van der Waals surface area contributed by atoms with Crippen LogP contribution in [0.5, 0.6) is 11.5 Å². The van der Waals surface area contributed by atoms with Crippen molar-refractivity contribution in [3.05, 3.63) is 58.6 Å². The molecule has 0 aromatic heterocycles. The summed E-state index contributed by atoms with van der Waals surface area (Å²) in [6, 6.07) is 13.0. The highest BCUT2D eigenvalue weighted by Crippen LogP contribution is 2.50. The van der Waals surface area contributed by atoms with Crippen LogP contribution in [0.15, 0.2) is 47.6 Å². The number of rotatable bonds is 2. The Hall–Kier alpha value is -2.93. The number of para-hydroxylation sites is 1. The van der Waals surface area contributed by atoms with Crippen LogP contribution >= 0.6 is 11.6 Å². The molecule has 1 saturated heterocycles. The lowest BCUT2D eigenvalue weighted by Crippen LogP contribution is -2.59. The first-order valence-corrected chi connectivity index (χ1v) is 10.9. The molecule has 162 valence electrons. The Kier molecular flexibility index (Phi) is 4.93. The molecule has 5 rings (SSSR count). The number of hydrogen-bond acceptors (Lipinski definition) is 6. The predicted octanol–water partition coefficient (Wildman–Crippen LogP) is 4.54. The van der Waals surface area contributed by atoms with E-state index in [1.165, 1.54) is 0 Å². The number of halogens is 1. The van der Waals surface area contributed by atoms with Crippen molar-refractivity contribution in [3.63, 3.8) is 0 Å². The molecule has 0 aliphatic carbocycles. The van der Waals surface area contributed by atoms with Gasteiger partial charge < -0.3 is 19.5 Å². The van der Waals surface area contributed by atoms with Crippen molar-refractivity contribution in [3.8, 4) is 11.5 Å². The van der Waals surface area contributed by atoms with E-state index in [0.29, 0.717) is 49.5 Å². The highest BCUT2D eigenvalue weighted by molar-refractivity contribution is 6.31. The third-order valence-electron chi connectivity index (χ3n) is 6.25. The molecular weight excluding hydrogens is 418 g/mol. The smallest absolute Gasteiger partial charge is 0.409 e. The highest BCUT2D eigenvalue weighted by atomic mass is 35.5. The van der Waals surface area contributed by atoms with Gasteiger partial charge in [-0.2, -0.15) is 5.10 Å². The average molecular weight is 442 g/mol. The number of piperidine rings is 1. The Morgan fingerprint density at radius 3 is 2.84 bits per heavy atom. The van der Waals surface area contributed by atoms with Gasteiger partial charge in [0.2, 0.25) is 5.72 Å². The Labute approximate surface area is 185 Å². The number of fused-ring (bicyclic) bond motifs is 4. The fourth-order valence-corrected chi connectivity index (χ4v) is 4.89. The summed E-state index contributed by atoms with van der Waals surface area (Å²) < 4.78 is 11.7. The van der Waals surface area contributed by atoms with Crippen molar-refractivity contribution in [1.29, 1.82) is 0 Å². The van der Waals surface area contributed by atoms with E-state index >= 15 is 0 Å². The molecular formula is C23H24ClN3O4. The van der Waals surface area contributed by atoms with Gasteiger partial charge in [0.05, 0.1) is 18.4 Å². The minimum atomic E-state index is -0.655. The molecule has 0 saturated carbocycles. The number of hydrazone groups is 1. The van der Waals surface area contributed by atoms with Crippen LogP contribution in [0.2, 0.25) is 5.02 Å². The van der Waals surface area contributed by atoms with Crippen molar-refractivity contribution in [2.45, 2.75) is 38.0 Å². The molecule has 0 radical (unpaired) electrons. The molecule has 3 aliphatic heterocycles. The second-order valence-corrected chi connectivity index (χ2v) is 8.48. The van der Waals surface area contributed by atoms with Gasteiger partial charge in [-0.15, -0.1) is 0 Å². The Balaban J connectivity index is 1.50. The average Bonchev–Trinajstić information content (AvgIpc) is 3.23. The number of likely N-dealkylation sites (tertiary alicyclic amines) is 1. The van der Waals surface area contributed by atoms with Crippen LogP contribution in [-0.4, -0.2) is 52.2 Å². The Bertz CT molecular complexity index is 1050. The molecule has 1 N–H and O–H groups in total. The fraction of sp³-hybridized carbons (Fsp3) is 0.391. The summed E-state index contributed by atoms with van der Waals surface area (Å²) in [5.41, 5.74) is 1.83.